The van der Waals surface area contributed by atoms with E-state index in [0.29, 0.717) is 22.8 Å². The smallest absolute Gasteiger partial charge is 0.260 e. The minimum atomic E-state index is -0.261. The SMILES string of the molecule is Cc1ccc(-n2nc(C)c(/C=N/NC(=O)Cn3c(Cc4ccccc4)nc4ccccc43)c2Cl)cc1. The molecule has 0 fully saturated rings. The zero-order valence-corrected chi connectivity index (χ0v) is 20.8. The van der Waals surface area contributed by atoms with E-state index in [2.05, 4.69) is 27.8 Å². The van der Waals surface area contributed by atoms with Crippen LogP contribution in [-0.4, -0.2) is 31.5 Å². The van der Waals surface area contributed by atoms with Crippen LogP contribution in [0.1, 0.15) is 28.2 Å². The van der Waals surface area contributed by atoms with Gasteiger partial charge in [-0.15, -0.1) is 0 Å². The number of para-hydroxylation sites is 2. The Balaban J connectivity index is 1.33. The molecule has 0 saturated carbocycles. The van der Waals surface area contributed by atoms with Gasteiger partial charge in [-0.25, -0.2) is 15.1 Å². The van der Waals surface area contributed by atoms with Crippen LogP contribution < -0.4 is 5.43 Å². The fourth-order valence-electron chi connectivity index (χ4n) is 4.08. The maximum absolute atomic E-state index is 12.9. The molecule has 8 heteroatoms. The second-order valence-electron chi connectivity index (χ2n) is 8.60. The van der Waals surface area contributed by atoms with Gasteiger partial charge in [-0.1, -0.05) is 71.8 Å². The predicted octanol–water partition coefficient (Wildman–Crippen LogP) is 5.23. The number of halogens is 1. The number of benzene rings is 3. The average Bonchev–Trinajstić information content (AvgIpc) is 3.36. The van der Waals surface area contributed by atoms with E-state index in [1.165, 1.54) is 6.21 Å². The lowest BCUT2D eigenvalue weighted by Gasteiger charge is -2.08. The lowest BCUT2D eigenvalue weighted by Crippen LogP contribution is -2.24. The van der Waals surface area contributed by atoms with Crippen LogP contribution in [0.2, 0.25) is 5.15 Å². The van der Waals surface area contributed by atoms with Crippen molar-refractivity contribution in [2.45, 2.75) is 26.8 Å². The molecule has 0 aliphatic heterocycles. The first-order valence-corrected chi connectivity index (χ1v) is 12.0. The second-order valence-corrected chi connectivity index (χ2v) is 8.95. The largest absolute Gasteiger partial charge is 0.318 e. The summed E-state index contributed by atoms with van der Waals surface area (Å²) in [4.78, 5) is 17.6. The molecule has 5 aromatic rings. The summed E-state index contributed by atoms with van der Waals surface area (Å²) < 4.78 is 3.59. The monoisotopic (exact) mass is 496 g/mol. The van der Waals surface area contributed by atoms with Crippen molar-refractivity contribution >= 4 is 34.8 Å². The number of fused-ring (bicyclic) bond motifs is 1. The third kappa shape index (κ3) is 4.92. The van der Waals surface area contributed by atoms with E-state index in [1.807, 2.05) is 85.1 Å². The van der Waals surface area contributed by atoms with Crippen LogP contribution in [-0.2, 0) is 17.8 Å². The molecular formula is C28H25ClN6O. The van der Waals surface area contributed by atoms with E-state index >= 15 is 0 Å². The van der Waals surface area contributed by atoms with Crippen molar-refractivity contribution in [1.82, 2.24) is 24.8 Å². The topological polar surface area (TPSA) is 77.1 Å². The highest BCUT2D eigenvalue weighted by Crippen LogP contribution is 2.22. The summed E-state index contributed by atoms with van der Waals surface area (Å²) in [6.45, 7) is 3.97. The number of nitrogens with zero attached hydrogens (tertiary/aromatic N) is 5. The molecular weight excluding hydrogens is 472 g/mol. The first-order chi connectivity index (χ1) is 17.5. The van der Waals surface area contributed by atoms with Crippen molar-refractivity contribution in [3.05, 3.63) is 112 Å². The molecule has 180 valence electrons. The Morgan fingerprint density at radius 3 is 2.50 bits per heavy atom. The lowest BCUT2D eigenvalue weighted by molar-refractivity contribution is -0.121. The van der Waals surface area contributed by atoms with E-state index in [0.717, 1.165) is 33.7 Å². The Kier molecular flexibility index (Phi) is 6.64. The molecule has 2 heterocycles. The summed E-state index contributed by atoms with van der Waals surface area (Å²) in [5.41, 5.74) is 8.88. The number of amides is 1. The quantitative estimate of drug-likeness (QED) is 0.247. The van der Waals surface area contributed by atoms with Crippen LogP contribution in [0.4, 0.5) is 0 Å². The number of imidazole rings is 1. The third-order valence-electron chi connectivity index (χ3n) is 5.95. The number of hydrogen-bond donors (Lipinski definition) is 1. The number of nitrogens with one attached hydrogen (secondary N) is 1. The molecule has 7 nitrogen and oxygen atoms in total. The van der Waals surface area contributed by atoms with Gasteiger partial charge in [-0.2, -0.15) is 10.2 Å². The van der Waals surface area contributed by atoms with Crippen molar-refractivity contribution < 1.29 is 4.79 Å². The van der Waals surface area contributed by atoms with Gasteiger partial charge < -0.3 is 4.57 Å². The third-order valence-corrected chi connectivity index (χ3v) is 6.31. The minimum absolute atomic E-state index is 0.0926. The molecule has 36 heavy (non-hydrogen) atoms. The Morgan fingerprint density at radius 1 is 1.00 bits per heavy atom. The Bertz CT molecular complexity index is 1550. The fourth-order valence-corrected chi connectivity index (χ4v) is 4.40. The first kappa shape index (κ1) is 23.5. The number of hydrogen-bond acceptors (Lipinski definition) is 4. The highest BCUT2D eigenvalue weighted by molar-refractivity contribution is 6.32. The van der Waals surface area contributed by atoms with Crippen LogP contribution >= 0.6 is 11.6 Å². The minimum Gasteiger partial charge on any atom is -0.318 e. The van der Waals surface area contributed by atoms with Gasteiger partial charge in [-0.3, -0.25) is 4.79 Å². The van der Waals surface area contributed by atoms with Gasteiger partial charge in [0.25, 0.3) is 5.91 Å². The summed E-state index contributed by atoms with van der Waals surface area (Å²) in [6.07, 6.45) is 2.16. The molecule has 3 aromatic carbocycles. The van der Waals surface area contributed by atoms with Gasteiger partial charge >= 0.3 is 0 Å². The van der Waals surface area contributed by atoms with E-state index in [9.17, 15) is 4.79 Å². The normalized spacial score (nSPS) is 11.4. The lowest BCUT2D eigenvalue weighted by atomic mass is 10.1. The molecule has 5 rings (SSSR count). The number of hydrazone groups is 1. The molecule has 0 aliphatic rings. The highest BCUT2D eigenvalue weighted by Gasteiger charge is 2.15. The van der Waals surface area contributed by atoms with Gasteiger partial charge in [0.05, 0.1) is 34.2 Å². The van der Waals surface area contributed by atoms with E-state index in [-0.39, 0.29) is 12.5 Å². The zero-order valence-electron chi connectivity index (χ0n) is 20.0. The van der Waals surface area contributed by atoms with Crippen LogP contribution in [0.5, 0.6) is 0 Å². The van der Waals surface area contributed by atoms with Gasteiger partial charge in [0.15, 0.2) is 0 Å². The van der Waals surface area contributed by atoms with Crippen molar-refractivity contribution in [3.63, 3.8) is 0 Å². The van der Waals surface area contributed by atoms with Crippen LogP contribution in [0.15, 0.2) is 84.0 Å². The maximum atomic E-state index is 12.9. The molecule has 1 N–H and O–H groups in total. The molecule has 0 unspecified atom stereocenters. The molecule has 0 aliphatic carbocycles. The van der Waals surface area contributed by atoms with Gasteiger partial charge in [0.2, 0.25) is 0 Å². The molecule has 0 spiro atoms. The second kappa shape index (κ2) is 10.2. The standard InChI is InChI=1S/C28H25ClN6O/c1-19-12-14-22(15-13-19)35-28(29)23(20(2)33-35)17-30-32-27(36)18-34-25-11-7-6-10-24(25)31-26(34)16-21-8-4-3-5-9-21/h3-15,17H,16,18H2,1-2H3,(H,32,36)/b30-17+. The fraction of sp³-hybridized carbons (Fsp3) is 0.143. The van der Waals surface area contributed by atoms with E-state index < -0.39 is 0 Å². The maximum Gasteiger partial charge on any atom is 0.260 e. The van der Waals surface area contributed by atoms with Gasteiger partial charge in [-0.05, 0) is 43.7 Å². The molecule has 0 saturated heterocycles. The number of aryl methyl sites for hydroxylation is 2. The van der Waals surface area contributed by atoms with Crippen molar-refractivity contribution in [1.29, 1.82) is 0 Å². The molecule has 2 aromatic heterocycles. The summed E-state index contributed by atoms with van der Waals surface area (Å²) >= 11 is 6.58. The van der Waals surface area contributed by atoms with Crippen LogP contribution in [0, 0.1) is 13.8 Å². The van der Waals surface area contributed by atoms with Gasteiger partial charge in [0.1, 0.15) is 17.5 Å². The van der Waals surface area contributed by atoms with E-state index in [1.54, 1.807) is 4.68 Å². The zero-order chi connectivity index (χ0) is 25.1. The average molecular weight is 497 g/mol. The number of carbonyl (C=O) groups excluding carboxylic acids is 1. The summed E-state index contributed by atoms with van der Waals surface area (Å²) in [6, 6.07) is 25.8. The Morgan fingerprint density at radius 2 is 1.72 bits per heavy atom. The van der Waals surface area contributed by atoms with Crippen LogP contribution in [0.3, 0.4) is 0 Å². The first-order valence-electron chi connectivity index (χ1n) is 11.6. The molecule has 1 amide bonds. The highest BCUT2D eigenvalue weighted by atomic mass is 35.5. The summed E-state index contributed by atoms with van der Waals surface area (Å²) in [7, 11) is 0. The summed E-state index contributed by atoms with van der Waals surface area (Å²) in [5.74, 6) is 0.559. The van der Waals surface area contributed by atoms with Crippen LogP contribution in [0.25, 0.3) is 16.7 Å². The Labute approximate surface area is 214 Å². The number of aromatic nitrogens is 4. The molecule has 0 bridgehead atoms. The Hall–Kier alpha value is -4.23. The summed E-state index contributed by atoms with van der Waals surface area (Å²) in [5, 5.41) is 9.12. The molecule has 0 radical (unpaired) electrons. The van der Waals surface area contributed by atoms with E-state index in [4.69, 9.17) is 16.6 Å². The van der Waals surface area contributed by atoms with Crippen molar-refractivity contribution in [3.8, 4) is 5.69 Å². The number of rotatable bonds is 7. The predicted molar refractivity (Wildman–Crippen MR) is 143 cm³/mol. The van der Waals surface area contributed by atoms with Crippen molar-refractivity contribution in [2.75, 3.05) is 0 Å². The number of carbonyl (C=O) groups is 1. The molecule has 0 atom stereocenters. The van der Waals surface area contributed by atoms with Gasteiger partial charge in [0, 0.05) is 6.42 Å². The van der Waals surface area contributed by atoms with Crippen molar-refractivity contribution in [2.24, 2.45) is 5.10 Å².